The lowest BCUT2D eigenvalue weighted by molar-refractivity contribution is 0.0816. The molecular weight excluding hydrogens is 392 g/mol. The molecule has 1 amide bonds. The Kier molecular flexibility index (Phi) is 6.40. The second-order valence-corrected chi connectivity index (χ2v) is 10.8. The van der Waals surface area contributed by atoms with Gasteiger partial charge < -0.3 is 14.2 Å². The number of likely N-dealkylation sites (tertiary alicyclic amines) is 1. The van der Waals surface area contributed by atoms with E-state index in [0.717, 1.165) is 19.3 Å². The second kappa shape index (κ2) is 8.56. The van der Waals surface area contributed by atoms with Crippen molar-refractivity contribution in [2.24, 2.45) is 0 Å². The SMILES string of the molecule is COC(=O)N1CC[C@H](c2cc(=O)[nH]o2)C[C@@H]1Cc1cc(C(C)(C)C)cc(C(C)(C)C)c1. The lowest BCUT2D eigenvalue weighted by Gasteiger charge is -2.38. The highest BCUT2D eigenvalue weighted by Gasteiger charge is 2.35. The summed E-state index contributed by atoms with van der Waals surface area (Å²) in [6, 6.07) is 8.33. The molecule has 170 valence electrons. The maximum Gasteiger partial charge on any atom is 0.409 e. The summed E-state index contributed by atoms with van der Waals surface area (Å²) in [5.41, 5.74) is 3.64. The lowest BCUT2D eigenvalue weighted by atomic mass is 9.78. The first-order valence-electron chi connectivity index (χ1n) is 11.1. The molecule has 1 saturated heterocycles. The maximum absolute atomic E-state index is 12.5. The van der Waals surface area contributed by atoms with Gasteiger partial charge in [-0.1, -0.05) is 59.7 Å². The Morgan fingerprint density at radius 3 is 2.19 bits per heavy atom. The van der Waals surface area contributed by atoms with Crippen LogP contribution >= 0.6 is 0 Å². The van der Waals surface area contributed by atoms with Crippen molar-refractivity contribution in [3.05, 3.63) is 57.1 Å². The fourth-order valence-corrected chi connectivity index (χ4v) is 4.31. The van der Waals surface area contributed by atoms with E-state index in [-0.39, 0.29) is 34.4 Å². The summed E-state index contributed by atoms with van der Waals surface area (Å²) in [4.78, 5) is 25.9. The largest absolute Gasteiger partial charge is 0.453 e. The van der Waals surface area contributed by atoms with Crippen LogP contribution in [0.4, 0.5) is 4.79 Å². The van der Waals surface area contributed by atoms with Crippen molar-refractivity contribution in [2.45, 2.75) is 83.6 Å². The summed E-state index contributed by atoms with van der Waals surface area (Å²) in [5, 5.41) is 2.39. The van der Waals surface area contributed by atoms with Crippen LogP contribution in [0.2, 0.25) is 0 Å². The molecule has 1 N–H and O–H groups in total. The number of hydrogen-bond acceptors (Lipinski definition) is 4. The van der Waals surface area contributed by atoms with Crippen molar-refractivity contribution < 1.29 is 14.1 Å². The van der Waals surface area contributed by atoms with Crippen molar-refractivity contribution in [3.63, 3.8) is 0 Å². The lowest BCUT2D eigenvalue weighted by Crippen LogP contribution is -2.46. The Morgan fingerprint density at radius 2 is 1.71 bits per heavy atom. The summed E-state index contributed by atoms with van der Waals surface area (Å²) < 4.78 is 10.4. The standard InChI is InChI=1S/C25H36N2O4/c1-24(2,3)18-10-16(11-19(14-18)25(4,5)6)12-20-13-17(21-15-22(28)26-31-21)8-9-27(20)23(29)30-7/h10-11,14-15,17,20H,8-9,12-13H2,1-7H3,(H,26,28)/t17-,20-/m0/s1. The number of nitrogens with zero attached hydrogens (tertiary/aromatic N) is 1. The minimum Gasteiger partial charge on any atom is -0.453 e. The predicted molar refractivity (Wildman–Crippen MR) is 122 cm³/mol. The number of methoxy groups -OCH3 is 1. The van der Waals surface area contributed by atoms with E-state index in [0.29, 0.717) is 12.3 Å². The Balaban J connectivity index is 1.95. The number of amides is 1. The molecule has 0 aliphatic carbocycles. The van der Waals surface area contributed by atoms with Crippen LogP contribution in [0.1, 0.15) is 82.8 Å². The minimum absolute atomic E-state index is 0.0294. The molecule has 1 aromatic carbocycles. The third-order valence-corrected chi connectivity index (χ3v) is 6.27. The molecule has 3 rings (SSSR count). The molecule has 2 atom stereocenters. The van der Waals surface area contributed by atoms with Crippen molar-refractivity contribution in [3.8, 4) is 0 Å². The number of nitrogens with one attached hydrogen (secondary N) is 1. The number of H-pyrrole nitrogens is 1. The molecule has 2 heterocycles. The van der Waals surface area contributed by atoms with Gasteiger partial charge in [-0.25, -0.2) is 4.79 Å². The van der Waals surface area contributed by atoms with Crippen LogP contribution in [0, 0.1) is 0 Å². The number of carbonyl (C=O) groups excluding carboxylic acids is 1. The highest BCUT2D eigenvalue weighted by molar-refractivity contribution is 5.68. The van der Waals surface area contributed by atoms with Gasteiger partial charge in [0.2, 0.25) is 0 Å². The first kappa shape index (κ1) is 23.2. The number of benzene rings is 1. The number of rotatable bonds is 3. The van der Waals surface area contributed by atoms with Gasteiger partial charge in [0, 0.05) is 24.6 Å². The normalized spacial score (nSPS) is 20.0. The molecule has 0 unspecified atom stereocenters. The summed E-state index contributed by atoms with van der Waals surface area (Å²) in [5.74, 6) is 0.760. The van der Waals surface area contributed by atoms with E-state index in [4.69, 9.17) is 9.26 Å². The van der Waals surface area contributed by atoms with E-state index in [1.165, 1.54) is 29.9 Å². The van der Waals surface area contributed by atoms with E-state index in [1.807, 2.05) is 4.90 Å². The first-order valence-corrected chi connectivity index (χ1v) is 11.1. The first-order chi connectivity index (χ1) is 14.4. The van der Waals surface area contributed by atoms with Crippen LogP contribution < -0.4 is 5.56 Å². The molecule has 0 radical (unpaired) electrons. The van der Waals surface area contributed by atoms with Gasteiger partial charge in [0.15, 0.2) is 0 Å². The Labute approximate surface area is 184 Å². The smallest absolute Gasteiger partial charge is 0.409 e. The highest BCUT2D eigenvalue weighted by Crippen LogP contribution is 2.35. The molecule has 31 heavy (non-hydrogen) atoms. The fraction of sp³-hybridized carbons (Fsp3) is 0.600. The third kappa shape index (κ3) is 5.41. The molecule has 1 aliphatic rings. The molecular formula is C25H36N2O4. The van der Waals surface area contributed by atoms with Crippen LogP contribution in [0.5, 0.6) is 0 Å². The highest BCUT2D eigenvalue weighted by atomic mass is 16.5. The van der Waals surface area contributed by atoms with Crippen LogP contribution in [0.25, 0.3) is 0 Å². The van der Waals surface area contributed by atoms with Gasteiger partial charge >= 0.3 is 6.09 Å². The Bertz CT molecular complexity index is 942. The molecule has 0 saturated carbocycles. The Hall–Kier alpha value is -2.50. The summed E-state index contributed by atoms with van der Waals surface area (Å²) in [7, 11) is 1.43. The van der Waals surface area contributed by atoms with Crippen molar-refractivity contribution in [1.29, 1.82) is 0 Å². The van der Waals surface area contributed by atoms with E-state index in [1.54, 1.807) is 0 Å². The van der Waals surface area contributed by atoms with Gasteiger partial charge in [-0.3, -0.25) is 4.79 Å². The number of aromatic nitrogens is 1. The molecule has 0 spiro atoms. The molecule has 1 aromatic heterocycles. The summed E-state index contributed by atoms with van der Waals surface area (Å²) in [6.07, 6.45) is 1.89. The van der Waals surface area contributed by atoms with E-state index < -0.39 is 0 Å². The van der Waals surface area contributed by atoms with Crippen LogP contribution in [0.15, 0.2) is 33.6 Å². The molecule has 1 fully saturated rings. The summed E-state index contributed by atoms with van der Waals surface area (Å²) >= 11 is 0. The van der Waals surface area contributed by atoms with Crippen molar-refractivity contribution in [1.82, 2.24) is 10.1 Å². The van der Waals surface area contributed by atoms with Gasteiger partial charge in [0.25, 0.3) is 5.56 Å². The van der Waals surface area contributed by atoms with Gasteiger partial charge in [0.1, 0.15) is 5.76 Å². The molecule has 0 bridgehead atoms. The molecule has 6 nitrogen and oxygen atoms in total. The van der Waals surface area contributed by atoms with Gasteiger partial charge in [-0.05, 0) is 46.8 Å². The average Bonchev–Trinajstić information content (AvgIpc) is 3.12. The van der Waals surface area contributed by atoms with Crippen molar-refractivity contribution in [2.75, 3.05) is 13.7 Å². The number of aromatic amines is 1. The minimum atomic E-state index is -0.304. The van der Waals surface area contributed by atoms with Crippen LogP contribution in [-0.2, 0) is 22.0 Å². The molecule has 2 aromatic rings. The number of ether oxygens (including phenoxy) is 1. The van der Waals surface area contributed by atoms with Crippen LogP contribution in [-0.4, -0.2) is 35.8 Å². The zero-order valence-corrected chi connectivity index (χ0v) is 19.9. The van der Waals surface area contributed by atoms with E-state index >= 15 is 0 Å². The summed E-state index contributed by atoms with van der Waals surface area (Å²) in [6.45, 7) is 13.9. The monoisotopic (exact) mass is 428 g/mol. The van der Waals surface area contributed by atoms with Crippen LogP contribution in [0.3, 0.4) is 0 Å². The van der Waals surface area contributed by atoms with Crippen molar-refractivity contribution >= 4 is 6.09 Å². The maximum atomic E-state index is 12.5. The molecule has 6 heteroatoms. The number of carbonyl (C=O) groups is 1. The number of hydrogen-bond donors (Lipinski definition) is 1. The van der Waals surface area contributed by atoms with E-state index in [2.05, 4.69) is 64.9 Å². The Morgan fingerprint density at radius 1 is 1.10 bits per heavy atom. The number of piperidine rings is 1. The molecule has 1 aliphatic heterocycles. The predicted octanol–water partition coefficient (Wildman–Crippen LogP) is 5.12. The van der Waals surface area contributed by atoms with Gasteiger partial charge in [-0.15, -0.1) is 0 Å². The topological polar surface area (TPSA) is 75.5 Å². The second-order valence-electron chi connectivity index (χ2n) is 10.8. The fourth-order valence-electron chi connectivity index (χ4n) is 4.31. The zero-order chi connectivity index (χ0) is 23.0. The van der Waals surface area contributed by atoms with Gasteiger partial charge in [-0.2, -0.15) is 5.16 Å². The van der Waals surface area contributed by atoms with E-state index in [9.17, 15) is 9.59 Å². The average molecular weight is 429 g/mol. The zero-order valence-electron chi connectivity index (χ0n) is 19.9. The quantitative estimate of drug-likeness (QED) is 0.736. The third-order valence-electron chi connectivity index (χ3n) is 6.27. The van der Waals surface area contributed by atoms with Gasteiger partial charge in [0.05, 0.1) is 7.11 Å².